The van der Waals surface area contributed by atoms with E-state index in [9.17, 15) is 9.90 Å². The number of benzene rings is 2. The van der Waals surface area contributed by atoms with E-state index in [1.54, 1.807) is 0 Å². The van der Waals surface area contributed by atoms with E-state index in [1.165, 1.54) is 19.3 Å². The lowest BCUT2D eigenvalue weighted by molar-refractivity contribution is -0.253. The van der Waals surface area contributed by atoms with Gasteiger partial charge in [0.2, 0.25) is 0 Å². The molecule has 8 nitrogen and oxygen atoms in total. The van der Waals surface area contributed by atoms with Crippen LogP contribution in [0.15, 0.2) is 48.5 Å². The van der Waals surface area contributed by atoms with Crippen LogP contribution in [0.4, 0.5) is 10.5 Å². The maximum absolute atomic E-state index is 13.1. The molecule has 3 N–H and O–H groups in total. The zero-order valence-corrected chi connectivity index (χ0v) is 23.8. The highest BCUT2D eigenvalue weighted by molar-refractivity contribution is 5.89. The molecule has 220 valence electrons. The van der Waals surface area contributed by atoms with Gasteiger partial charge in [0, 0.05) is 42.8 Å². The fourth-order valence-corrected chi connectivity index (χ4v) is 8.50. The third-order valence-corrected chi connectivity index (χ3v) is 10.0. The van der Waals surface area contributed by atoms with E-state index in [2.05, 4.69) is 15.5 Å². The Morgan fingerprint density at radius 3 is 2.12 bits per heavy atom. The Morgan fingerprint density at radius 1 is 0.854 bits per heavy atom. The lowest BCUT2D eigenvalue weighted by Crippen LogP contribution is -2.60. The van der Waals surface area contributed by atoms with Gasteiger partial charge in [0.25, 0.3) is 0 Å². The average molecular weight is 562 g/mol. The van der Waals surface area contributed by atoms with Crippen molar-refractivity contribution in [3.05, 3.63) is 65.2 Å². The van der Waals surface area contributed by atoms with Crippen LogP contribution in [0.5, 0.6) is 0 Å². The van der Waals surface area contributed by atoms with Crippen molar-refractivity contribution in [3.63, 3.8) is 0 Å². The molecule has 8 heteroatoms. The number of aliphatic hydroxyl groups is 1. The van der Waals surface area contributed by atoms with Crippen molar-refractivity contribution in [1.29, 1.82) is 0 Å². The van der Waals surface area contributed by atoms with Gasteiger partial charge >= 0.3 is 6.03 Å². The largest absolute Gasteiger partial charge is 0.392 e. The van der Waals surface area contributed by atoms with Gasteiger partial charge in [-0.1, -0.05) is 36.4 Å². The van der Waals surface area contributed by atoms with E-state index in [4.69, 9.17) is 14.2 Å². The number of morpholine rings is 1. The Kier molecular flexibility index (Phi) is 7.77. The quantitative estimate of drug-likeness (QED) is 0.433. The molecular weight excluding hydrogens is 518 g/mol. The van der Waals surface area contributed by atoms with Gasteiger partial charge in [0.1, 0.15) is 0 Å². The minimum Gasteiger partial charge on any atom is -0.392 e. The molecule has 2 heterocycles. The third-order valence-electron chi connectivity index (χ3n) is 10.0. The molecule has 3 unspecified atom stereocenters. The molecule has 6 aliphatic rings. The highest BCUT2D eigenvalue weighted by atomic mass is 16.7. The number of rotatable bonds is 7. The number of ether oxygens (including phenoxy) is 3. The number of hydrogen-bond acceptors (Lipinski definition) is 6. The second-order valence-corrected chi connectivity index (χ2v) is 13.2. The molecule has 2 saturated heterocycles. The second kappa shape index (κ2) is 11.7. The van der Waals surface area contributed by atoms with E-state index in [1.807, 2.05) is 48.5 Å². The molecule has 0 spiro atoms. The van der Waals surface area contributed by atoms with Crippen molar-refractivity contribution >= 4 is 11.7 Å². The molecule has 4 saturated carbocycles. The number of anilines is 1. The van der Waals surface area contributed by atoms with E-state index in [-0.39, 0.29) is 30.4 Å². The first-order valence-electron chi connectivity index (χ1n) is 15.5. The maximum Gasteiger partial charge on any atom is 0.319 e. The summed E-state index contributed by atoms with van der Waals surface area (Å²) in [5.41, 5.74) is 3.66. The van der Waals surface area contributed by atoms with Gasteiger partial charge in [0.15, 0.2) is 6.29 Å². The van der Waals surface area contributed by atoms with Gasteiger partial charge in [-0.05, 0) is 79.5 Å². The van der Waals surface area contributed by atoms with Crippen LogP contribution in [0, 0.1) is 17.8 Å². The SMILES string of the molecule is O=C(Nc1ccc(C2OC(CN3CCOCC3)CC(c3ccc(CO)cc3)O2)cc1)NC12CC3CC(CC(C3)C1)C2. The van der Waals surface area contributed by atoms with Crippen LogP contribution in [0.2, 0.25) is 0 Å². The van der Waals surface area contributed by atoms with Crippen molar-refractivity contribution < 1.29 is 24.1 Å². The first-order valence-corrected chi connectivity index (χ1v) is 15.5. The summed E-state index contributed by atoms with van der Waals surface area (Å²) in [7, 11) is 0. The van der Waals surface area contributed by atoms with Gasteiger partial charge in [-0.15, -0.1) is 0 Å². The molecule has 3 atom stereocenters. The van der Waals surface area contributed by atoms with Crippen molar-refractivity contribution in [2.75, 3.05) is 38.2 Å². The Morgan fingerprint density at radius 2 is 1.49 bits per heavy atom. The topological polar surface area (TPSA) is 92.3 Å². The van der Waals surface area contributed by atoms with E-state index < -0.39 is 6.29 Å². The summed E-state index contributed by atoms with van der Waals surface area (Å²) in [6.07, 6.45) is 7.64. The first-order chi connectivity index (χ1) is 20.0. The smallest absolute Gasteiger partial charge is 0.319 e. The summed E-state index contributed by atoms with van der Waals surface area (Å²) in [5.74, 6) is 2.37. The normalized spacial score (nSPS) is 34.9. The number of urea groups is 1. The molecule has 2 aromatic rings. The van der Waals surface area contributed by atoms with E-state index in [0.717, 1.165) is 98.7 Å². The Bertz CT molecular complexity index is 1160. The second-order valence-electron chi connectivity index (χ2n) is 13.2. The van der Waals surface area contributed by atoms with Crippen molar-refractivity contribution in [1.82, 2.24) is 10.2 Å². The number of nitrogens with one attached hydrogen (secondary N) is 2. The summed E-state index contributed by atoms with van der Waals surface area (Å²) in [6, 6.07) is 15.8. The number of carbonyl (C=O) groups is 1. The van der Waals surface area contributed by atoms with Crippen molar-refractivity contribution in [3.8, 4) is 0 Å². The molecule has 2 amide bonds. The molecule has 2 aromatic carbocycles. The van der Waals surface area contributed by atoms with Crippen LogP contribution in [-0.4, -0.2) is 60.5 Å². The van der Waals surface area contributed by atoms with Gasteiger partial charge in [-0.3, -0.25) is 4.90 Å². The summed E-state index contributed by atoms with van der Waals surface area (Å²) in [4.78, 5) is 15.5. The Labute approximate surface area is 242 Å². The highest BCUT2D eigenvalue weighted by Crippen LogP contribution is 2.55. The molecule has 4 bridgehead atoms. The molecule has 0 radical (unpaired) electrons. The lowest BCUT2D eigenvalue weighted by Gasteiger charge is -2.56. The molecule has 4 aliphatic carbocycles. The molecule has 41 heavy (non-hydrogen) atoms. The number of nitrogens with zero attached hydrogens (tertiary/aromatic N) is 1. The van der Waals surface area contributed by atoms with Crippen LogP contribution >= 0.6 is 0 Å². The minimum atomic E-state index is -0.507. The van der Waals surface area contributed by atoms with E-state index in [0.29, 0.717) is 0 Å². The molecule has 0 aromatic heterocycles. The van der Waals surface area contributed by atoms with Crippen LogP contribution in [-0.2, 0) is 20.8 Å². The fraction of sp³-hybridized carbons (Fsp3) is 0.606. The van der Waals surface area contributed by atoms with E-state index >= 15 is 0 Å². The highest BCUT2D eigenvalue weighted by Gasteiger charge is 2.51. The summed E-state index contributed by atoms with van der Waals surface area (Å²) < 4.78 is 18.5. The van der Waals surface area contributed by atoms with Gasteiger partial charge in [-0.2, -0.15) is 0 Å². The Balaban J connectivity index is 1.02. The standard InChI is InChI=1S/C33H43N3O5/c37-21-22-1-3-26(4-2-22)30-16-29(20-36-9-11-39-12-10-36)40-31(41-30)27-5-7-28(8-6-27)34-32(38)35-33-17-23-13-24(18-33)15-25(14-23)19-33/h1-8,23-25,29-31,37H,9-21H2,(H2,34,35,38). The van der Waals surface area contributed by atoms with Crippen LogP contribution in [0.1, 0.15) is 74.0 Å². The van der Waals surface area contributed by atoms with Gasteiger partial charge in [-0.25, -0.2) is 4.79 Å². The average Bonchev–Trinajstić information content (AvgIpc) is 2.97. The number of hydrogen-bond donors (Lipinski definition) is 3. The fourth-order valence-electron chi connectivity index (χ4n) is 8.50. The van der Waals surface area contributed by atoms with Crippen LogP contribution < -0.4 is 10.6 Å². The zero-order chi connectivity index (χ0) is 27.8. The van der Waals surface area contributed by atoms with Crippen molar-refractivity contribution in [2.45, 2.75) is 75.6 Å². The van der Waals surface area contributed by atoms with Crippen LogP contribution in [0.25, 0.3) is 0 Å². The maximum atomic E-state index is 13.1. The predicted molar refractivity (Wildman–Crippen MR) is 155 cm³/mol. The van der Waals surface area contributed by atoms with Gasteiger partial charge < -0.3 is 30.0 Å². The Hall–Kier alpha value is -2.49. The first kappa shape index (κ1) is 27.3. The molecular formula is C33H43N3O5. The molecule has 2 aliphatic heterocycles. The lowest BCUT2D eigenvalue weighted by atomic mass is 9.53. The minimum absolute atomic E-state index is 0.0115. The monoisotopic (exact) mass is 561 g/mol. The number of aliphatic hydroxyl groups excluding tert-OH is 1. The third kappa shape index (κ3) is 6.18. The summed E-state index contributed by atoms with van der Waals surface area (Å²) >= 11 is 0. The van der Waals surface area contributed by atoms with Crippen LogP contribution in [0.3, 0.4) is 0 Å². The van der Waals surface area contributed by atoms with Crippen molar-refractivity contribution in [2.24, 2.45) is 17.8 Å². The zero-order valence-electron chi connectivity index (χ0n) is 23.8. The number of carbonyl (C=O) groups excluding carboxylic acids is 1. The predicted octanol–water partition coefficient (Wildman–Crippen LogP) is 5.15. The summed E-state index contributed by atoms with van der Waals surface area (Å²) in [6.45, 7) is 4.18. The summed E-state index contributed by atoms with van der Waals surface area (Å²) in [5, 5.41) is 16.0. The molecule has 6 fully saturated rings. The molecule has 8 rings (SSSR count). The number of amides is 2. The van der Waals surface area contributed by atoms with Gasteiger partial charge in [0.05, 0.1) is 32.0 Å².